The van der Waals surface area contributed by atoms with Gasteiger partial charge in [0.1, 0.15) is 12.7 Å². The molecule has 1 aliphatic heterocycles. The van der Waals surface area contributed by atoms with Gasteiger partial charge in [0.05, 0.1) is 36.8 Å². The quantitative estimate of drug-likeness (QED) is 0.592. The van der Waals surface area contributed by atoms with Gasteiger partial charge in [0.25, 0.3) is 0 Å². The predicted octanol–water partition coefficient (Wildman–Crippen LogP) is 1.71. The van der Waals surface area contributed by atoms with Gasteiger partial charge in [0, 0.05) is 26.3 Å². The highest BCUT2D eigenvalue weighted by Crippen LogP contribution is 2.22. The monoisotopic (exact) mass is 375 g/mol. The SMILES string of the molecule is CN(C)C=Nc1ccc(NC(=O)OC[C@@H]2COCCN2C(=O)O)cc1C#N. The van der Waals surface area contributed by atoms with Crippen LogP contribution in [0.4, 0.5) is 21.0 Å². The molecule has 0 aliphatic carbocycles. The van der Waals surface area contributed by atoms with Gasteiger partial charge < -0.3 is 19.5 Å². The van der Waals surface area contributed by atoms with E-state index in [9.17, 15) is 14.9 Å². The van der Waals surface area contributed by atoms with Crippen LogP contribution < -0.4 is 5.32 Å². The Morgan fingerprint density at radius 3 is 3.00 bits per heavy atom. The van der Waals surface area contributed by atoms with Crippen LogP contribution in [0.1, 0.15) is 5.56 Å². The summed E-state index contributed by atoms with van der Waals surface area (Å²) in [5.74, 6) is 0. The first-order chi connectivity index (χ1) is 12.9. The van der Waals surface area contributed by atoms with Crippen LogP contribution >= 0.6 is 0 Å². The van der Waals surface area contributed by atoms with E-state index in [2.05, 4.69) is 10.3 Å². The Kier molecular flexibility index (Phi) is 6.96. The Hall–Kier alpha value is -3.32. The van der Waals surface area contributed by atoms with Gasteiger partial charge in [-0.05, 0) is 18.2 Å². The number of morpholine rings is 1. The smallest absolute Gasteiger partial charge is 0.411 e. The molecule has 1 atom stereocenters. The molecule has 0 spiro atoms. The van der Waals surface area contributed by atoms with Crippen molar-refractivity contribution in [3.63, 3.8) is 0 Å². The van der Waals surface area contributed by atoms with Crippen molar-refractivity contribution in [3.05, 3.63) is 23.8 Å². The van der Waals surface area contributed by atoms with Gasteiger partial charge in [0.2, 0.25) is 0 Å². The van der Waals surface area contributed by atoms with Gasteiger partial charge in [0.15, 0.2) is 0 Å². The molecule has 2 rings (SSSR count). The zero-order valence-electron chi connectivity index (χ0n) is 15.1. The van der Waals surface area contributed by atoms with Crippen LogP contribution in [0.3, 0.4) is 0 Å². The average molecular weight is 375 g/mol. The zero-order valence-corrected chi connectivity index (χ0v) is 15.1. The topological polar surface area (TPSA) is 127 Å². The molecule has 0 saturated carbocycles. The lowest BCUT2D eigenvalue weighted by Crippen LogP contribution is -2.50. The van der Waals surface area contributed by atoms with Crippen molar-refractivity contribution < 1.29 is 24.2 Å². The lowest BCUT2D eigenvalue weighted by atomic mass is 10.2. The summed E-state index contributed by atoms with van der Waals surface area (Å²) in [6.07, 6.45) is -0.267. The Morgan fingerprint density at radius 1 is 1.56 bits per heavy atom. The summed E-state index contributed by atoms with van der Waals surface area (Å²) in [4.78, 5) is 30.2. The van der Waals surface area contributed by atoms with Gasteiger partial charge >= 0.3 is 12.2 Å². The highest BCUT2D eigenvalue weighted by molar-refractivity contribution is 5.85. The number of nitriles is 1. The number of hydrogen-bond donors (Lipinski definition) is 2. The number of nitrogens with zero attached hydrogens (tertiary/aromatic N) is 4. The molecule has 2 amide bonds. The fraction of sp³-hybridized carbons (Fsp3) is 0.412. The number of carboxylic acid groups (broad SMARTS) is 1. The maximum absolute atomic E-state index is 12.0. The van der Waals surface area contributed by atoms with Crippen molar-refractivity contribution in [1.82, 2.24) is 9.80 Å². The average Bonchev–Trinajstić information content (AvgIpc) is 2.65. The number of amides is 2. The van der Waals surface area contributed by atoms with Crippen LogP contribution in [0.15, 0.2) is 23.2 Å². The van der Waals surface area contributed by atoms with Crippen LogP contribution in [0.2, 0.25) is 0 Å². The van der Waals surface area contributed by atoms with Gasteiger partial charge in [-0.1, -0.05) is 0 Å². The summed E-state index contributed by atoms with van der Waals surface area (Å²) in [7, 11) is 3.62. The third kappa shape index (κ3) is 5.86. The largest absolute Gasteiger partial charge is 0.465 e. The number of aliphatic imine (C=N–C) groups is 1. The molecule has 0 radical (unpaired) electrons. The van der Waals surface area contributed by atoms with Crippen molar-refractivity contribution in [2.24, 2.45) is 4.99 Å². The predicted molar refractivity (Wildman–Crippen MR) is 97.3 cm³/mol. The maximum atomic E-state index is 12.0. The second-order valence-electron chi connectivity index (χ2n) is 5.98. The number of carbonyl (C=O) groups is 2. The molecule has 1 aromatic rings. The second kappa shape index (κ2) is 9.40. The maximum Gasteiger partial charge on any atom is 0.411 e. The van der Waals surface area contributed by atoms with Gasteiger partial charge in [-0.3, -0.25) is 10.2 Å². The third-order valence-corrected chi connectivity index (χ3v) is 3.67. The molecule has 144 valence electrons. The molecule has 1 aliphatic rings. The van der Waals surface area contributed by atoms with E-state index in [0.29, 0.717) is 23.5 Å². The summed E-state index contributed by atoms with van der Waals surface area (Å²) in [6.45, 7) is 0.575. The Balaban J connectivity index is 1.95. The summed E-state index contributed by atoms with van der Waals surface area (Å²) >= 11 is 0. The van der Waals surface area contributed by atoms with Crippen LogP contribution in [0.25, 0.3) is 0 Å². The molecule has 0 unspecified atom stereocenters. The van der Waals surface area contributed by atoms with Gasteiger partial charge in [-0.15, -0.1) is 0 Å². The summed E-state index contributed by atoms with van der Waals surface area (Å²) in [5, 5.41) is 20.9. The Morgan fingerprint density at radius 2 is 2.33 bits per heavy atom. The number of anilines is 1. The van der Waals surface area contributed by atoms with E-state index in [1.165, 1.54) is 11.0 Å². The standard InChI is InChI=1S/C17H21N5O5/c1-21(2)11-19-15-4-3-13(7-12(15)8-18)20-16(23)27-10-14-9-26-6-5-22(14)17(24)25/h3-4,7,11,14H,5-6,9-10H2,1-2H3,(H,20,23)(H,24,25)/t14-/m0/s1. The van der Waals surface area contributed by atoms with Crippen molar-refractivity contribution in [2.75, 3.05) is 45.8 Å². The number of carbonyl (C=O) groups excluding carboxylic acids is 1. The van der Waals surface area contributed by atoms with Crippen LogP contribution in [0, 0.1) is 11.3 Å². The Bertz CT molecular complexity index is 759. The fourth-order valence-corrected chi connectivity index (χ4v) is 2.36. The number of hydrogen-bond acceptors (Lipinski definition) is 6. The molecule has 10 heteroatoms. The molecule has 0 bridgehead atoms. The van der Waals surface area contributed by atoms with E-state index in [1.54, 1.807) is 23.4 Å². The number of nitrogens with one attached hydrogen (secondary N) is 1. The fourth-order valence-electron chi connectivity index (χ4n) is 2.36. The van der Waals surface area contributed by atoms with E-state index in [1.807, 2.05) is 20.2 Å². The molecule has 1 aromatic carbocycles. The first-order valence-electron chi connectivity index (χ1n) is 8.16. The van der Waals surface area contributed by atoms with E-state index < -0.39 is 18.2 Å². The molecule has 1 heterocycles. The molecule has 27 heavy (non-hydrogen) atoms. The van der Waals surface area contributed by atoms with Gasteiger partial charge in [-0.25, -0.2) is 14.6 Å². The first-order valence-corrected chi connectivity index (χ1v) is 8.16. The molecule has 10 nitrogen and oxygen atoms in total. The number of ether oxygens (including phenoxy) is 2. The van der Waals surface area contributed by atoms with E-state index in [-0.39, 0.29) is 19.8 Å². The van der Waals surface area contributed by atoms with E-state index >= 15 is 0 Å². The van der Waals surface area contributed by atoms with Crippen molar-refractivity contribution >= 4 is 29.9 Å². The second-order valence-corrected chi connectivity index (χ2v) is 5.98. The summed E-state index contributed by atoms with van der Waals surface area (Å²) in [6, 6.07) is 6.15. The first kappa shape index (κ1) is 20.0. The molecule has 1 saturated heterocycles. The highest BCUT2D eigenvalue weighted by atomic mass is 16.6. The molecule has 0 aromatic heterocycles. The Labute approximate surface area is 156 Å². The lowest BCUT2D eigenvalue weighted by molar-refractivity contribution is -0.0203. The molecule has 2 N–H and O–H groups in total. The number of benzene rings is 1. The van der Waals surface area contributed by atoms with Crippen molar-refractivity contribution in [1.29, 1.82) is 5.26 Å². The van der Waals surface area contributed by atoms with Crippen LogP contribution in [-0.4, -0.2) is 79.9 Å². The van der Waals surface area contributed by atoms with Crippen molar-refractivity contribution in [3.8, 4) is 6.07 Å². The van der Waals surface area contributed by atoms with Crippen LogP contribution in [0.5, 0.6) is 0 Å². The summed E-state index contributed by atoms with van der Waals surface area (Å²) < 4.78 is 10.3. The minimum absolute atomic E-state index is 0.131. The number of rotatable bonds is 5. The normalized spacial score (nSPS) is 16.6. The molecule has 1 fully saturated rings. The van der Waals surface area contributed by atoms with Crippen LogP contribution in [-0.2, 0) is 9.47 Å². The zero-order chi connectivity index (χ0) is 19.8. The van der Waals surface area contributed by atoms with E-state index in [4.69, 9.17) is 14.6 Å². The molecular formula is C17H21N5O5. The highest BCUT2D eigenvalue weighted by Gasteiger charge is 2.28. The molecular weight excluding hydrogens is 354 g/mol. The van der Waals surface area contributed by atoms with Crippen molar-refractivity contribution in [2.45, 2.75) is 6.04 Å². The third-order valence-electron chi connectivity index (χ3n) is 3.67. The minimum atomic E-state index is -1.08. The minimum Gasteiger partial charge on any atom is -0.465 e. The summed E-state index contributed by atoms with van der Waals surface area (Å²) in [5.41, 5.74) is 1.14. The van der Waals surface area contributed by atoms with E-state index in [0.717, 1.165) is 0 Å². The van der Waals surface area contributed by atoms with Gasteiger partial charge in [-0.2, -0.15) is 5.26 Å². The lowest BCUT2D eigenvalue weighted by Gasteiger charge is -2.32.